The first-order chi connectivity index (χ1) is 11.2. The Morgan fingerprint density at radius 2 is 1.83 bits per heavy atom. The lowest BCUT2D eigenvalue weighted by Gasteiger charge is -2.03. The Hall–Kier alpha value is -2.22. The van der Waals surface area contributed by atoms with Gasteiger partial charge in [-0.05, 0) is 54.5 Å². The van der Waals surface area contributed by atoms with E-state index in [4.69, 9.17) is 0 Å². The predicted octanol–water partition coefficient (Wildman–Crippen LogP) is 5.16. The van der Waals surface area contributed by atoms with E-state index in [1.807, 2.05) is 6.08 Å². The predicted molar refractivity (Wildman–Crippen MR) is 92.2 cm³/mol. The summed E-state index contributed by atoms with van der Waals surface area (Å²) in [5.41, 5.74) is 4.69. The van der Waals surface area contributed by atoms with Gasteiger partial charge in [-0.25, -0.2) is 4.39 Å². The lowest BCUT2D eigenvalue weighted by Crippen LogP contribution is -1.94. The molecule has 118 valence electrons. The van der Waals surface area contributed by atoms with E-state index in [1.54, 1.807) is 12.1 Å². The van der Waals surface area contributed by atoms with Crippen molar-refractivity contribution in [1.82, 2.24) is 0 Å². The molecule has 23 heavy (non-hydrogen) atoms. The number of carbonyl (C=O) groups is 1. The van der Waals surface area contributed by atoms with Gasteiger partial charge in [0.05, 0.1) is 0 Å². The maximum absolute atomic E-state index is 14.0. The number of rotatable bonds is 5. The van der Waals surface area contributed by atoms with Crippen LogP contribution in [0.2, 0.25) is 0 Å². The Labute approximate surface area is 136 Å². The van der Waals surface area contributed by atoms with E-state index in [0.29, 0.717) is 24.0 Å². The van der Waals surface area contributed by atoms with Gasteiger partial charge in [-0.2, -0.15) is 0 Å². The van der Waals surface area contributed by atoms with Gasteiger partial charge in [-0.1, -0.05) is 43.3 Å². The number of halogens is 1. The van der Waals surface area contributed by atoms with Crippen molar-refractivity contribution < 1.29 is 9.18 Å². The Morgan fingerprint density at radius 1 is 1.09 bits per heavy atom. The number of benzene rings is 2. The number of allylic oxidation sites excluding steroid dienone is 1. The lowest BCUT2D eigenvalue weighted by atomic mass is 10.0. The summed E-state index contributed by atoms with van der Waals surface area (Å²) < 4.78 is 14.0. The van der Waals surface area contributed by atoms with Crippen LogP contribution in [0.4, 0.5) is 4.39 Å². The molecule has 2 aromatic rings. The largest absolute Gasteiger partial charge is 0.294 e. The second-order valence-electron chi connectivity index (χ2n) is 6.07. The van der Waals surface area contributed by atoms with Crippen molar-refractivity contribution in [3.8, 4) is 0 Å². The fraction of sp³-hybridized carbons (Fsp3) is 0.286. The Morgan fingerprint density at radius 3 is 2.57 bits per heavy atom. The number of hydrogen-bond acceptors (Lipinski definition) is 1. The van der Waals surface area contributed by atoms with Crippen LogP contribution in [-0.2, 0) is 19.3 Å². The van der Waals surface area contributed by atoms with E-state index in [1.165, 1.54) is 17.2 Å². The van der Waals surface area contributed by atoms with Crippen molar-refractivity contribution in [1.29, 1.82) is 0 Å². The van der Waals surface area contributed by atoms with Crippen LogP contribution in [0.15, 0.2) is 42.5 Å². The Bertz CT molecular complexity index is 741. The van der Waals surface area contributed by atoms with Gasteiger partial charge in [0.1, 0.15) is 5.82 Å². The third-order valence-electron chi connectivity index (χ3n) is 4.47. The molecule has 0 heterocycles. The summed E-state index contributed by atoms with van der Waals surface area (Å²) in [7, 11) is 0. The summed E-state index contributed by atoms with van der Waals surface area (Å²) in [5.74, 6) is -0.104. The zero-order valence-electron chi connectivity index (χ0n) is 13.4. The second-order valence-corrected chi connectivity index (χ2v) is 6.07. The smallest absolute Gasteiger partial charge is 0.163 e. The van der Waals surface area contributed by atoms with E-state index < -0.39 is 0 Å². The van der Waals surface area contributed by atoms with Gasteiger partial charge >= 0.3 is 0 Å². The first-order valence-corrected chi connectivity index (χ1v) is 8.27. The zero-order chi connectivity index (χ0) is 16.2. The van der Waals surface area contributed by atoms with Gasteiger partial charge in [-0.3, -0.25) is 4.79 Å². The molecule has 1 nitrogen and oxygen atoms in total. The average Bonchev–Trinajstić information content (AvgIpc) is 2.92. The standard InChI is InChI=1S/C21H21FO/c1-2-15-7-9-16(10-8-15)5-3-4-6-18-13-19-17(14-20(18)22)11-12-21(19)23/h4,6-10,13-14H,2-3,5,11-12H2,1H3/b6-4+. The molecule has 2 aromatic carbocycles. The molecule has 0 saturated carbocycles. The van der Waals surface area contributed by atoms with Crippen molar-refractivity contribution in [3.05, 3.63) is 76.1 Å². The summed E-state index contributed by atoms with van der Waals surface area (Å²) in [6, 6.07) is 11.8. The van der Waals surface area contributed by atoms with E-state index >= 15 is 0 Å². The molecule has 0 aliphatic heterocycles. The molecule has 0 fully saturated rings. The maximum Gasteiger partial charge on any atom is 0.163 e. The van der Waals surface area contributed by atoms with Gasteiger partial charge in [0.15, 0.2) is 5.78 Å². The van der Waals surface area contributed by atoms with Crippen molar-refractivity contribution in [2.75, 3.05) is 0 Å². The van der Waals surface area contributed by atoms with Gasteiger partial charge in [-0.15, -0.1) is 0 Å². The van der Waals surface area contributed by atoms with E-state index in [0.717, 1.165) is 24.8 Å². The number of aryl methyl sites for hydroxylation is 3. The quantitative estimate of drug-likeness (QED) is 0.745. The molecule has 0 saturated heterocycles. The molecule has 0 radical (unpaired) electrons. The molecule has 0 amide bonds. The number of hydrogen-bond donors (Lipinski definition) is 0. The highest BCUT2D eigenvalue weighted by atomic mass is 19.1. The SMILES string of the molecule is CCc1ccc(CC/C=C/c2cc3c(cc2F)CCC3=O)cc1. The first-order valence-electron chi connectivity index (χ1n) is 8.27. The third-order valence-corrected chi connectivity index (χ3v) is 4.47. The van der Waals surface area contributed by atoms with Crippen LogP contribution in [0.25, 0.3) is 6.08 Å². The molecule has 0 spiro atoms. The summed E-state index contributed by atoms with van der Waals surface area (Å²) >= 11 is 0. The van der Waals surface area contributed by atoms with Crippen LogP contribution in [0, 0.1) is 5.82 Å². The fourth-order valence-corrected chi connectivity index (χ4v) is 3.01. The minimum absolute atomic E-state index is 0.130. The highest BCUT2D eigenvalue weighted by molar-refractivity contribution is 6.00. The van der Waals surface area contributed by atoms with Crippen molar-refractivity contribution in [3.63, 3.8) is 0 Å². The molecular formula is C21H21FO. The average molecular weight is 308 g/mol. The van der Waals surface area contributed by atoms with E-state index in [-0.39, 0.29) is 11.6 Å². The Kier molecular flexibility index (Phi) is 4.71. The fourth-order valence-electron chi connectivity index (χ4n) is 3.01. The summed E-state index contributed by atoms with van der Waals surface area (Å²) in [6.07, 6.45) is 7.80. The number of Topliss-reactive ketones (excluding diaryl/α,β-unsaturated/α-hetero) is 1. The molecule has 0 aromatic heterocycles. The second kappa shape index (κ2) is 6.91. The number of carbonyl (C=O) groups excluding carboxylic acids is 1. The summed E-state index contributed by atoms with van der Waals surface area (Å²) in [6.45, 7) is 2.15. The lowest BCUT2D eigenvalue weighted by molar-refractivity contribution is 0.0994. The molecule has 0 atom stereocenters. The van der Waals surface area contributed by atoms with E-state index in [2.05, 4.69) is 31.2 Å². The summed E-state index contributed by atoms with van der Waals surface area (Å²) in [5, 5.41) is 0. The van der Waals surface area contributed by atoms with Crippen LogP contribution in [0.3, 0.4) is 0 Å². The molecule has 2 heteroatoms. The normalized spacial score (nSPS) is 13.7. The van der Waals surface area contributed by atoms with Crippen molar-refractivity contribution in [2.45, 2.75) is 39.0 Å². The number of fused-ring (bicyclic) bond motifs is 1. The zero-order valence-corrected chi connectivity index (χ0v) is 13.4. The molecule has 0 bridgehead atoms. The highest BCUT2D eigenvalue weighted by Crippen LogP contribution is 2.25. The molecule has 0 N–H and O–H groups in total. The minimum Gasteiger partial charge on any atom is -0.294 e. The summed E-state index contributed by atoms with van der Waals surface area (Å²) in [4.78, 5) is 11.7. The monoisotopic (exact) mass is 308 g/mol. The Balaban J connectivity index is 1.64. The van der Waals surface area contributed by atoms with Crippen LogP contribution in [0.5, 0.6) is 0 Å². The van der Waals surface area contributed by atoms with Crippen LogP contribution >= 0.6 is 0 Å². The molecule has 1 aliphatic rings. The van der Waals surface area contributed by atoms with Gasteiger partial charge < -0.3 is 0 Å². The van der Waals surface area contributed by atoms with Crippen LogP contribution in [-0.4, -0.2) is 5.78 Å². The number of ketones is 1. The van der Waals surface area contributed by atoms with E-state index in [9.17, 15) is 9.18 Å². The molecular weight excluding hydrogens is 287 g/mol. The van der Waals surface area contributed by atoms with Crippen LogP contribution in [0.1, 0.15) is 52.4 Å². The van der Waals surface area contributed by atoms with Crippen molar-refractivity contribution >= 4 is 11.9 Å². The maximum atomic E-state index is 14.0. The van der Waals surface area contributed by atoms with Crippen molar-refractivity contribution in [2.24, 2.45) is 0 Å². The molecule has 3 rings (SSSR count). The van der Waals surface area contributed by atoms with Crippen LogP contribution < -0.4 is 0 Å². The third kappa shape index (κ3) is 3.58. The molecule has 1 aliphatic carbocycles. The van der Waals surface area contributed by atoms with Gasteiger partial charge in [0.25, 0.3) is 0 Å². The minimum atomic E-state index is -0.234. The molecule has 0 unspecified atom stereocenters. The van der Waals surface area contributed by atoms with Gasteiger partial charge in [0.2, 0.25) is 0 Å². The topological polar surface area (TPSA) is 17.1 Å². The first kappa shape index (κ1) is 15.7. The van der Waals surface area contributed by atoms with Gasteiger partial charge in [0, 0.05) is 17.5 Å². The highest BCUT2D eigenvalue weighted by Gasteiger charge is 2.20.